The fraction of sp³-hybridized carbons (Fsp3) is 0.333. The summed E-state index contributed by atoms with van der Waals surface area (Å²) in [6.07, 6.45) is 0. The molecule has 0 heterocycles. The van der Waals surface area contributed by atoms with Gasteiger partial charge in [0.15, 0.2) is 5.96 Å². The van der Waals surface area contributed by atoms with Crippen molar-refractivity contribution >= 4 is 11.9 Å². The Hall–Kier alpha value is -2.82. The highest BCUT2D eigenvalue weighted by Crippen LogP contribution is 2.07. The first-order valence-corrected chi connectivity index (χ1v) is 8.88. The minimum Gasteiger partial charge on any atom is -0.352 e. The molecule has 0 aromatic heterocycles. The molecule has 138 valence electrons. The molecule has 2 N–H and O–H groups in total. The average Bonchev–Trinajstić information content (AvgIpc) is 2.65. The summed E-state index contributed by atoms with van der Waals surface area (Å²) < 4.78 is 0. The maximum Gasteiger partial charge on any atom is 0.251 e. The minimum atomic E-state index is -0.0411. The van der Waals surface area contributed by atoms with Gasteiger partial charge in [0.2, 0.25) is 0 Å². The number of benzene rings is 2. The lowest BCUT2D eigenvalue weighted by molar-refractivity contribution is 0.0956. The van der Waals surface area contributed by atoms with Crippen LogP contribution in [-0.4, -0.2) is 37.4 Å². The van der Waals surface area contributed by atoms with Crippen molar-refractivity contribution in [3.8, 4) is 0 Å². The number of rotatable bonds is 6. The monoisotopic (exact) mass is 352 g/mol. The van der Waals surface area contributed by atoms with E-state index in [9.17, 15) is 4.79 Å². The Morgan fingerprint density at radius 2 is 1.62 bits per heavy atom. The van der Waals surface area contributed by atoms with Crippen LogP contribution in [0.4, 0.5) is 0 Å². The summed E-state index contributed by atoms with van der Waals surface area (Å²) >= 11 is 0. The summed E-state index contributed by atoms with van der Waals surface area (Å²) in [5, 5.41) is 6.17. The predicted molar refractivity (Wildman–Crippen MR) is 107 cm³/mol. The Labute approximate surface area is 156 Å². The second-order valence-electron chi connectivity index (χ2n) is 6.30. The van der Waals surface area contributed by atoms with Gasteiger partial charge in [0.25, 0.3) is 5.91 Å². The maximum absolute atomic E-state index is 11.8. The molecule has 0 fully saturated rings. The van der Waals surface area contributed by atoms with Gasteiger partial charge in [-0.15, -0.1) is 0 Å². The zero-order valence-corrected chi connectivity index (χ0v) is 16.0. The molecular formula is C21H28N4O. The third kappa shape index (κ3) is 5.62. The highest BCUT2D eigenvalue weighted by Gasteiger charge is 2.07. The Morgan fingerprint density at radius 3 is 2.19 bits per heavy atom. The molecule has 0 saturated carbocycles. The fourth-order valence-corrected chi connectivity index (χ4v) is 2.64. The number of amides is 1. The van der Waals surface area contributed by atoms with Crippen LogP contribution in [-0.2, 0) is 13.1 Å². The zero-order valence-electron chi connectivity index (χ0n) is 16.0. The van der Waals surface area contributed by atoms with Crippen LogP contribution in [0.15, 0.2) is 53.5 Å². The highest BCUT2D eigenvalue weighted by atomic mass is 16.1. The van der Waals surface area contributed by atoms with Gasteiger partial charge in [-0.25, -0.2) is 0 Å². The molecule has 2 aromatic carbocycles. The molecule has 0 aliphatic heterocycles. The molecule has 0 spiro atoms. The van der Waals surface area contributed by atoms with E-state index in [0.717, 1.165) is 18.1 Å². The van der Waals surface area contributed by atoms with E-state index in [1.54, 1.807) is 7.05 Å². The van der Waals surface area contributed by atoms with E-state index in [0.29, 0.717) is 18.7 Å². The number of nitrogens with zero attached hydrogens (tertiary/aromatic N) is 2. The third-order valence-electron chi connectivity index (χ3n) is 4.12. The van der Waals surface area contributed by atoms with Crippen LogP contribution in [0.1, 0.15) is 34.0 Å². The molecule has 0 saturated heterocycles. The SMILES string of the molecule is CCNC(=O)c1ccc(CNC(=NC)N(C)Cc2ccc(C)cc2)cc1. The summed E-state index contributed by atoms with van der Waals surface area (Å²) in [4.78, 5) is 18.2. The van der Waals surface area contributed by atoms with Crippen molar-refractivity contribution in [1.29, 1.82) is 0 Å². The molecule has 5 heteroatoms. The van der Waals surface area contributed by atoms with Crippen molar-refractivity contribution in [2.24, 2.45) is 4.99 Å². The molecule has 5 nitrogen and oxygen atoms in total. The minimum absolute atomic E-state index is 0.0411. The van der Waals surface area contributed by atoms with Gasteiger partial charge in [0, 0.05) is 39.3 Å². The van der Waals surface area contributed by atoms with Gasteiger partial charge in [-0.2, -0.15) is 0 Å². The second-order valence-corrected chi connectivity index (χ2v) is 6.30. The zero-order chi connectivity index (χ0) is 18.9. The average molecular weight is 352 g/mol. The van der Waals surface area contributed by atoms with Gasteiger partial charge < -0.3 is 15.5 Å². The molecule has 0 aliphatic carbocycles. The molecule has 0 bridgehead atoms. The fourth-order valence-electron chi connectivity index (χ4n) is 2.64. The van der Waals surface area contributed by atoms with Crippen LogP contribution < -0.4 is 10.6 Å². The van der Waals surface area contributed by atoms with Crippen molar-refractivity contribution < 1.29 is 4.79 Å². The quantitative estimate of drug-likeness (QED) is 0.621. The third-order valence-corrected chi connectivity index (χ3v) is 4.12. The maximum atomic E-state index is 11.8. The number of aliphatic imine (C=N–C) groups is 1. The molecule has 2 rings (SSSR count). The lowest BCUT2D eigenvalue weighted by atomic mass is 10.1. The number of guanidine groups is 1. The Morgan fingerprint density at radius 1 is 1.00 bits per heavy atom. The first kappa shape index (κ1) is 19.5. The predicted octanol–water partition coefficient (Wildman–Crippen LogP) is 2.95. The summed E-state index contributed by atoms with van der Waals surface area (Å²) in [5.41, 5.74) is 4.28. The molecule has 0 aliphatic rings. The van der Waals surface area contributed by atoms with Crippen LogP contribution >= 0.6 is 0 Å². The smallest absolute Gasteiger partial charge is 0.251 e. The largest absolute Gasteiger partial charge is 0.352 e. The summed E-state index contributed by atoms with van der Waals surface area (Å²) in [7, 11) is 3.81. The second kappa shape index (κ2) is 9.61. The van der Waals surface area contributed by atoms with Crippen LogP contribution in [0.2, 0.25) is 0 Å². The van der Waals surface area contributed by atoms with Gasteiger partial charge >= 0.3 is 0 Å². The molecule has 2 aromatic rings. The molecule has 0 radical (unpaired) electrons. The topological polar surface area (TPSA) is 56.7 Å². The highest BCUT2D eigenvalue weighted by molar-refractivity contribution is 5.94. The van der Waals surface area contributed by atoms with Crippen LogP contribution in [0.5, 0.6) is 0 Å². The van der Waals surface area contributed by atoms with Crippen molar-refractivity contribution in [1.82, 2.24) is 15.5 Å². The lowest BCUT2D eigenvalue weighted by Gasteiger charge is -2.22. The van der Waals surface area contributed by atoms with Crippen LogP contribution in [0, 0.1) is 6.92 Å². The van der Waals surface area contributed by atoms with Crippen molar-refractivity contribution in [3.63, 3.8) is 0 Å². The number of nitrogens with one attached hydrogen (secondary N) is 2. The summed E-state index contributed by atoms with van der Waals surface area (Å²) in [6.45, 7) is 6.07. The Balaban J connectivity index is 1.91. The number of aryl methyl sites for hydroxylation is 1. The summed E-state index contributed by atoms with van der Waals surface area (Å²) in [6, 6.07) is 16.1. The van der Waals surface area contributed by atoms with Crippen LogP contribution in [0.3, 0.4) is 0 Å². The van der Waals surface area contributed by atoms with E-state index in [2.05, 4.69) is 51.7 Å². The van der Waals surface area contributed by atoms with E-state index >= 15 is 0 Å². The van der Waals surface area contributed by atoms with E-state index in [4.69, 9.17) is 0 Å². The normalized spacial score (nSPS) is 11.2. The summed E-state index contributed by atoms with van der Waals surface area (Å²) in [5.74, 6) is 0.791. The number of carbonyl (C=O) groups excluding carboxylic acids is 1. The molecule has 0 unspecified atom stereocenters. The molecular weight excluding hydrogens is 324 g/mol. The van der Waals surface area contributed by atoms with E-state index in [1.807, 2.05) is 38.2 Å². The number of carbonyl (C=O) groups is 1. The van der Waals surface area contributed by atoms with E-state index < -0.39 is 0 Å². The van der Waals surface area contributed by atoms with Gasteiger partial charge in [0.05, 0.1) is 0 Å². The Bertz CT molecular complexity index is 736. The van der Waals surface area contributed by atoms with Crippen molar-refractivity contribution in [3.05, 3.63) is 70.8 Å². The molecule has 1 amide bonds. The van der Waals surface area contributed by atoms with Crippen molar-refractivity contribution in [2.45, 2.75) is 26.9 Å². The van der Waals surface area contributed by atoms with Gasteiger partial charge in [0.1, 0.15) is 0 Å². The molecule has 0 atom stereocenters. The number of hydrogen-bond acceptors (Lipinski definition) is 2. The van der Waals surface area contributed by atoms with Gasteiger partial charge in [-0.05, 0) is 37.1 Å². The Kier molecular flexibility index (Phi) is 7.21. The number of hydrogen-bond donors (Lipinski definition) is 2. The molecule has 26 heavy (non-hydrogen) atoms. The lowest BCUT2D eigenvalue weighted by Crippen LogP contribution is -2.38. The van der Waals surface area contributed by atoms with Gasteiger partial charge in [-0.1, -0.05) is 42.0 Å². The van der Waals surface area contributed by atoms with E-state index in [-0.39, 0.29) is 5.91 Å². The first-order chi connectivity index (χ1) is 12.5. The van der Waals surface area contributed by atoms with Gasteiger partial charge in [-0.3, -0.25) is 9.79 Å². The van der Waals surface area contributed by atoms with Crippen molar-refractivity contribution in [2.75, 3.05) is 20.6 Å². The first-order valence-electron chi connectivity index (χ1n) is 8.88. The standard InChI is InChI=1S/C21H28N4O/c1-5-23-20(26)19-12-10-17(11-13-19)14-24-21(22-3)25(4)15-18-8-6-16(2)7-9-18/h6-13H,5,14-15H2,1-4H3,(H,22,24)(H,23,26). The van der Waals surface area contributed by atoms with E-state index in [1.165, 1.54) is 11.1 Å². The van der Waals surface area contributed by atoms with Crippen LogP contribution in [0.25, 0.3) is 0 Å².